The van der Waals surface area contributed by atoms with Gasteiger partial charge in [-0.3, -0.25) is 9.00 Å². The molecule has 0 aromatic heterocycles. The lowest BCUT2D eigenvalue weighted by Crippen LogP contribution is -2.15. The molecule has 5 heteroatoms. The second-order valence-electron chi connectivity index (χ2n) is 4.77. The molecule has 0 saturated heterocycles. The number of hydrogen-bond donors (Lipinski definition) is 1. The van der Waals surface area contributed by atoms with Crippen LogP contribution in [0.4, 0.5) is 5.69 Å². The molecule has 0 unspecified atom stereocenters. The lowest BCUT2D eigenvalue weighted by atomic mass is 10.1. The lowest BCUT2D eigenvalue weighted by Gasteiger charge is -2.12. The third-order valence-corrected chi connectivity index (χ3v) is 5.21. The summed E-state index contributed by atoms with van der Waals surface area (Å²) in [5.74, 6) is 0.291. The molecule has 0 aliphatic carbocycles. The summed E-state index contributed by atoms with van der Waals surface area (Å²) in [6, 6.07) is 13.1. The molecular formula is C16H16INO2S. The first-order valence-corrected chi connectivity index (χ1v) is 9.24. The number of rotatable bonds is 4. The predicted octanol–water partition coefficient (Wildman–Crippen LogP) is 3.73. The number of halogens is 1. The first kappa shape index (κ1) is 16.2. The number of para-hydroxylation sites is 1. The largest absolute Gasteiger partial charge is 0.322 e. The zero-order chi connectivity index (χ0) is 15.4. The van der Waals surface area contributed by atoms with E-state index in [2.05, 4.69) is 27.9 Å². The van der Waals surface area contributed by atoms with E-state index in [1.165, 1.54) is 0 Å². The van der Waals surface area contributed by atoms with Crippen LogP contribution in [0.5, 0.6) is 0 Å². The molecule has 1 atom stereocenters. The Kier molecular flexibility index (Phi) is 5.52. The van der Waals surface area contributed by atoms with Crippen LogP contribution >= 0.6 is 22.6 Å². The molecule has 21 heavy (non-hydrogen) atoms. The Morgan fingerprint density at radius 1 is 1.19 bits per heavy atom. The van der Waals surface area contributed by atoms with Crippen LogP contribution < -0.4 is 5.32 Å². The minimum atomic E-state index is -0.947. The van der Waals surface area contributed by atoms with E-state index in [9.17, 15) is 9.00 Å². The Bertz CT molecular complexity index is 700. The van der Waals surface area contributed by atoms with Crippen LogP contribution in [0, 0.1) is 10.5 Å². The minimum absolute atomic E-state index is 0.141. The molecule has 1 N–H and O–H groups in total. The van der Waals surface area contributed by atoms with E-state index >= 15 is 0 Å². The average Bonchev–Trinajstić information content (AvgIpc) is 2.43. The monoisotopic (exact) mass is 413 g/mol. The van der Waals surface area contributed by atoms with Gasteiger partial charge < -0.3 is 5.32 Å². The number of carbonyl (C=O) groups excluding carboxylic acids is 1. The molecular weight excluding hydrogens is 397 g/mol. The number of benzene rings is 2. The smallest absolute Gasteiger partial charge is 0.256 e. The Morgan fingerprint density at radius 3 is 2.62 bits per heavy atom. The topological polar surface area (TPSA) is 46.2 Å². The number of anilines is 1. The first-order chi connectivity index (χ1) is 9.99. The molecule has 0 aliphatic rings. The van der Waals surface area contributed by atoms with E-state index < -0.39 is 10.8 Å². The summed E-state index contributed by atoms with van der Waals surface area (Å²) in [5, 5.41) is 2.92. The van der Waals surface area contributed by atoms with Crippen LogP contribution in [0.3, 0.4) is 0 Å². The van der Waals surface area contributed by atoms with Crippen LogP contribution in [-0.4, -0.2) is 16.4 Å². The van der Waals surface area contributed by atoms with Crippen molar-refractivity contribution in [2.75, 3.05) is 11.6 Å². The van der Waals surface area contributed by atoms with Crippen molar-refractivity contribution in [2.24, 2.45) is 0 Å². The number of hydrogen-bond acceptors (Lipinski definition) is 2. The van der Waals surface area contributed by atoms with Gasteiger partial charge in [-0.05, 0) is 52.8 Å². The molecule has 2 aromatic rings. The van der Waals surface area contributed by atoms with Gasteiger partial charge >= 0.3 is 0 Å². The van der Waals surface area contributed by atoms with Crippen molar-refractivity contribution in [2.45, 2.75) is 12.7 Å². The molecule has 0 heterocycles. The van der Waals surface area contributed by atoms with Crippen molar-refractivity contribution in [3.8, 4) is 0 Å². The Morgan fingerprint density at radius 2 is 1.90 bits per heavy atom. The van der Waals surface area contributed by atoms with E-state index in [1.807, 2.05) is 49.4 Å². The standard InChI is InChI=1S/C16H16INO2S/c1-11-6-5-8-13(15(11)17)16(19)18-14-9-4-3-7-12(14)10-21(2)20/h3-9H,10H2,1-2H3,(H,18,19)/t21-/m1/s1. The second-order valence-corrected chi connectivity index (χ2v) is 7.28. The predicted molar refractivity (Wildman–Crippen MR) is 96.1 cm³/mol. The molecule has 2 rings (SSSR count). The van der Waals surface area contributed by atoms with Crippen LogP contribution in [0.1, 0.15) is 21.5 Å². The van der Waals surface area contributed by atoms with Gasteiger partial charge in [0.2, 0.25) is 0 Å². The third-order valence-electron chi connectivity index (χ3n) is 3.06. The van der Waals surface area contributed by atoms with Gasteiger partial charge in [-0.25, -0.2) is 0 Å². The SMILES string of the molecule is Cc1cccc(C(=O)Nc2ccccc2C[S@@](C)=O)c1I. The van der Waals surface area contributed by atoms with Crippen LogP contribution in [0.25, 0.3) is 0 Å². The van der Waals surface area contributed by atoms with E-state index in [1.54, 1.807) is 6.26 Å². The second kappa shape index (κ2) is 7.17. The number of carbonyl (C=O) groups is 1. The molecule has 2 aromatic carbocycles. The third kappa shape index (κ3) is 4.14. The summed E-state index contributed by atoms with van der Waals surface area (Å²) in [5.41, 5.74) is 3.33. The number of amides is 1. The van der Waals surface area contributed by atoms with Crippen molar-refractivity contribution in [3.05, 3.63) is 62.7 Å². The average molecular weight is 413 g/mol. The fraction of sp³-hybridized carbons (Fsp3) is 0.188. The van der Waals surface area contributed by atoms with Crippen molar-refractivity contribution >= 4 is 45.0 Å². The van der Waals surface area contributed by atoms with E-state index in [0.717, 1.165) is 20.4 Å². The highest BCUT2D eigenvalue weighted by Gasteiger charge is 2.13. The lowest BCUT2D eigenvalue weighted by molar-refractivity contribution is 0.102. The zero-order valence-corrected chi connectivity index (χ0v) is 14.8. The fourth-order valence-electron chi connectivity index (χ4n) is 2.00. The van der Waals surface area contributed by atoms with Gasteiger partial charge in [0.05, 0.1) is 11.3 Å². The zero-order valence-electron chi connectivity index (χ0n) is 11.9. The van der Waals surface area contributed by atoms with Crippen molar-refractivity contribution in [1.82, 2.24) is 0 Å². The van der Waals surface area contributed by atoms with Gasteiger partial charge in [-0.1, -0.05) is 30.3 Å². The van der Waals surface area contributed by atoms with Gasteiger partial charge in [-0.15, -0.1) is 0 Å². The Labute approximate surface area is 140 Å². The van der Waals surface area contributed by atoms with Gasteiger partial charge in [0.15, 0.2) is 0 Å². The maximum atomic E-state index is 12.4. The van der Waals surface area contributed by atoms with Crippen LogP contribution in [-0.2, 0) is 16.6 Å². The maximum absolute atomic E-state index is 12.4. The van der Waals surface area contributed by atoms with Gasteiger partial charge in [0.25, 0.3) is 5.91 Å². The maximum Gasteiger partial charge on any atom is 0.256 e. The van der Waals surface area contributed by atoms with Gasteiger partial charge in [0, 0.05) is 26.3 Å². The molecule has 0 bridgehead atoms. The highest BCUT2D eigenvalue weighted by Crippen LogP contribution is 2.21. The number of aryl methyl sites for hydroxylation is 1. The molecule has 0 saturated carbocycles. The van der Waals surface area contributed by atoms with Crippen LogP contribution in [0.15, 0.2) is 42.5 Å². The van der Waals surface area contributed by atoms with E-state index in [0.29, 0.717) is 11.3 Å². The highest BCUT2D eigenvalue weighted by molar-refractivity contribution is 14.1. The summed E-state index contributed by atoms with van der Waals surface area (Å²) >= 11 is 2.18. The molecule has 1 amide bonds. The summed E-state index contributed by atoms with van der Waals surface area (Å²) in [7, 11) is -0.947. The van der Waals surface area contributed by atoms with Crippen molar-refractivity contribution in [3.63, 3.8) is 0 Å². The minimum Gasteiger partial charge on any atom is -0.322 e. The first-order valence-electron chi connectivity index (χ1n) is 6.43. The van der Waals surface area contributed by atoms with Gasteiger partial charge in [-0.2, -0.15) is 0 Å². The van der Waals surface area contributed by atoms with Crippen molar-refractivity contribution < 1.29 is 9.00 Å². The normalized spacial score (nSPS) is 12.0. The quantitative estimate of drug-likeness (QED) is 0.777. The molecule has 0 spiro atoms. The Balaban J connectivity index is 2.28. The summed E-state index contributed by atoms with van der Waals surface area (Å²) in [6.07, 6.45) is 1.65. The van der Waals surface area contributed by atoms with E-state index in [-0.39, 0.29) is 5.91 Å². The molecule has 0 aliphatic heterocycles. The molecule has 0 fully saturated rings. The Hall–Kier alpha value is -1.21. The van der Waals surface area contributed by atoms with E-state index in [4.69, 9.17) is 0 Å². The summed E-state index contributed by atoms with van der Waals surface area (Å²) < 4.78 is 12.4. The highest BCUT2D eigenvalue weighted by atomic mass is 127. The summed E-state index contributed by atoms with van der Waals surface area (Å²) in [4.78, 5) is 12.4. The fourth-order valence-corrected chi connectivity index (χ4v) is 3.29. The molecule has 110 valence electrons. The summed E-state index contributed by atoms with van der Waals surface area (Å²) in [6.45, 7) is 1.98. The molecule has 3 nitrogen and oxygen atoms in total. The number of nitrogens with one attached hydrogen (secondary N) is 1. The van der Waals surface area contributed by atoms with Crippen molar-refractivity contribution in [1.29, 1.82) is 0 Å². The van der Waals surface area contributed by atoms with Crippen LogP contribution in [0.2, 0.25) is 0 Å². The van der Waals surface area contributed by atoms with Gasteiger partial charge in [0.1, 0.15) is 0 Å². The molecule has 0 radical (unpaired) electrons.